The summed E-state index contributed by atoms with van der Waals surface area (Å²) in [6, 6.07) is 8.98. The van der Waals surface area contributed by atoms with Crippen molar-refractivity contribution in [2.45, 2.75) is 26.4 Å². The number of aryl methyl sites for hydroxylation is 1. The maximum absolute atomic E-state index is 12.0. The number of methoxy groups -OCH3 is 1. The van der Waals surface area contributed by atoms with Crippen LogP contribution < -0.4 is 15.4 Å². The van der Waals surface area contributed by atoms with E-state index in [1.165, 1.54) is 0 Å². The number of carbonyl (C=O) groups excluding carboxylic acids is 1. The van der Waals surface area contributed by atoms with Crippen LogP contribution in [0.4, 0.5) is 5.69 Å². The summed E-state index contributed by atoms with van der Waals surface area (Å²) in [7, 11) is 1.63. The second-order valence-electron chi connectivity index (χ2n) is 4.84. The number of ether oxygens (including phenoxy) is 1. The van der Waals surface area contributed by atoms with Gasteiger partial charge in [-0.05, 0) is 49.7 Å². The molecule has 1 atom stereocenters. The summed E-state index contributed by atoms with van der Waals surface area (Å²) in [5.41, 5.74) is 1.94. The van der Waals surface area contributed by atoms with E-state index in [-0.39, 0.29) is 11.9 Å². The van der Waals surface area contributed by atoms with Crippen LogP contribution in [0.15, 0.2) is 41.0 Å². The van der Waals surface area contributed by atoms with Gasteiger partial charge in [-0.25, -0.2) is 0 Å². The van der Waals surface area contributed by atoms with Crippen molar-refractivity contribution in [2.75, 3.05) is 12.4 Å². The molecule has 2 rings (SSSR count). The largest absolute Gasteiger partial charge is 0.497 e. The Balaban J connectivity index is 1.91. The molecule has 1 amide bonds. The van der Waals surface area contributed by atoms with Crippen LogP contribution in [0.1, 0.15) is 18.2 Å². The quantitative estimate of drug-likeness (QED) is 0.858. The minimum Gasteiger partial charge on any atom is -0.497 e. The summed E-state index contributed by atoms with van der Waals surface area (Å²) in [5, 5.41) is 6.02. The normalized spacial score (nSPS) is 11.8. The standard InChI is InChI=1S/C16H20N2O3/c1-11-9-13(20-3)6-7-15(11)18-12(2)16(19)17-10-14-5-4-8-21-14/h4-9,12,18H,10H2,1-3H3,(H,17,19). The molecule has 1 unspecified atom stereocenters. The van der Waals surface area contributed by atoms with Gasteiger partial charge < -0.3 is 19.8 Å². The molecule has 0 aliphatic rings. The Hall–Kier alpha value is -2.43. The van der Waals surface area contributed by atoms with Gasteiger partial charge in [-0.15, -0.1) is 0 Å². The Labute approximate surface area is 124 Å². The van der Waals surface area contributed by atoms with Crippen molar-refractivity contribution >= 4 is 11.6 Å². The Bertz CT molecular complexity index is 594. The minimum atomic E-state index is -0.341. The van der Waals surface area contributed by atoms with Crippen LogP contribution in [0.2, 0.25) is 0 Å². The van der Waals surface area contributed by atoms with Crippen LogP contribution in [0.5, 0.6) is 5.75 Å². The number of carbonyl (C=O) groups is 1. The monoisotopic (exact) mass is 288 g/mol. The molecular weight excluding hydrogens is 268 g/mol. The second kappa shape index (κ2) is 6.83. The molecule has 1 heterocycles. The van der Waals surface area contributed by atoms with Gasteiger partial charge in [-0.2, -0.15) is 0 Å². The number of benzene rings is 1. The van der Waals surface area contributed by atoms with Gasteiger partial charge >= 0.3 is 0 Å². The molecule has 0 aliphatic carbocycles. The van der Waals surface area contributed by atoms with Gasteiger partial charge in [0, 0.05) is 5.69 Å². The number of rotatable bonds is 6. The lowest BCUT2D eigenvalue weighted by atomic mass is 10.1. The maximum atomic E-state index is 12.0. The first-order valence-corrected chi connectivity index (χ1v) is 6.81. The molecule has 0 saturated carbocycles. The van der Waals surface area contributed by atoms with Gasteiger partial charge in [0.2, 0.25) is 5.91 Å². The molecule has 1 aromatic carbocycles. The van der Waals surface area contributed by atoms with Crippen molar-refractivity contribution in [1.29, 1.82) is 0 Å². The van der Waals surface area contributed by atoms with Crippen LogP contribution in [0, 0.1) is 6.92 Å². The van der Waals surface area contributed by atoms with Crippen LogP contribution in [-0.4, -0.2) is 19.1 Å². The molecule has 0 aliphatic heterocycles. The summed E-state index contributed by atoms with van der Waals surface area (Å²) in [6.07, 6.45) is 1.59. The van der Waals surface area contributed by atoms with E-state index in [2.05, 4.69) is 10.6 Å². The molecule has 0 saturated heterocycles. The lowest BCUT2D eigenvalue weighted by molar-refractivity contribution is -0.121. The Morgan fingerprint density at radius 3 is 2.81 bits per heavy atom. The minimum absolute atomic E-state index is 0.0818. The number of nitrogens with one attached hydrogen (secondary N) is 2. The fraction of sp³-hybridized carbons (Fsp3) is 0.312. The highest BCUT2D eigenvalue weighted by atomic mass is 16.5. The number of anilines is 1. The molecule has 0 radical (unpaired) electrons. The molecule has 5 heteroatoms. The summed E-state index contributed by atoms with van der Waals surface area (Å²) >= 11 is 0. The summed E-state index contributed by atoms with van der Waals surface area (Å²) in [6.45, 7) is 4.18. The van der Waals surface area contributed by atoms with Gasteiger partial charge in [0.25, 0.3) is 0 Å². The van der Waals surface area contributed by atoms with E-state index in [4.69, 9.17) is 9.15 Å². The van der Waals surface area contributed by atoms with Gasteiger partial charge in [0.15, 0.2) is 0 Å². The topological polar surface area (TPSA) is 63.5 Å². The van der Waals surface area contributed by atoms with Crippen molar-refractivity contribution in [3.8, 4) is 5.75 Å². The zero-order chi connectivity index (χ0) is 15.2. The first kappa shape index (κ1) is 15.0. The van der Waals surface area contributed by atoms with Crippen molar-refractivity contribution in [1.82, 2.24) is 5.32 Å². The molecule has 1 aromatic heterocycles. The highest BCUT2D eigenvalue weighted by Crippen LogP contribution is 2.21. The first-order chi connectivity index (χ1) is 10.1. The maximum Gasteiger partial charge on any atom is 0.242 e. The molecule has 0 bridgehead atoms. The third-order valence-electron chi connectivity index (χ3n) is 3.22. The number of amides is 1. The summed E-state index contributed by atoms with van der Waals surface area (Å²) in [4.78, 5) is 12.0. The predicted molar refractivity (Wildman–Crippen MR) is 81.4 cm³/mol. The SMILES string of the molecule is COc1ccc(NC(C)C(=O)NCc2ccco2)c(C)c1. The fourth-order valence-corrected chi connectivity index (χ4v) is 1.96. The van der Waals surface area contributed by atoms with Gasteiger partial charge in [-0.1, -0.05) is 0 Å². The molecule has 21 heavy (non-hydrogen) atoms. The molecule has 0 spiro atoms. The van der Waals surface area contributed by atoms with Gasteiger partial charge in [0.1, 0.15) is 17.6 Å². The second-order valence-corrected chi connectivity index (χ2v) is 4.84. The van der Waals surface area contributed by atoms with Crippen molar-refractivity contribution in [3.63, 3.8) is 0 Å². The van der Waals surface area contributed by atoms with E-state index in [0.29, 0.717) is 6.54 Å². The Kier molecular flexibility index (Phi) is 4.87. The van der Waals surface area contributed by atoms with Gasteiger partial charge in [0.05, 0.1) is 19.9 Å². The lowest BCUT2D eigenvalue weighted by Gasteiger charge is -2.17. The number of hydrogen-bond donors (Lipinski definition) is 2. The fourth-order valence-electron chi connectivity index (χ4n) is 1.96. The Morgan fingerprint density at radius 1 is 1.38 bits per heavy atom. The zero-order valence-corrected chi connectivity index (χ0v) is 12.5. The smallest absolute Gasteiger partial charge is 0.242 e. The highest BCUT2D eigenvalue weighted by molar-refractivity contribution is 5.84. The lowest BCUT2D eigenvalue weighted by Crippen LogP contribution is -2.37. The number of furan rings is 1. The predicted octanol–water partition coefficient (Wildman–Crippen LogP) is 2.71. The van der Waals surface area contributed by atoms with Crippen molar-refractivity contribution in [2.24, 2.45) is 0 Å². The van der Waals surface area contributed by atoms with Crippen LogP contribution in [-0.2, 0) is 11.3 Å². The van der Waals surface area contributed by atoms with Crippen LogP contribution in [0.3, 0.4) is 0 Å². The van der Waals surface area contributed by atoms with E-state index in [1.54, 1.807) is 19.4 Å². The Morgan fingerprint density at radius 2 is 2.19 bits per heavy atom. The van der Waals surface area contributed by atoms with E-state index >= 15 is 0 Å². The molecule has 2 aromatic rings. The van der Waals surface area contributed by atoms with Crippen molar-refractivity contribution < 1.29 is 13.9 Å². The zero-order valence-electron chi connectivity index (χ0n) is 12.5. The molecule has 5 nitrogen and oxygen atoms in total. The van der Waals surface area contributed by atoms with E-state index in [0.717, 1.165) is 22.8 Å². The number of hydrogen-bond acceptors (Lipinski definition) is 4. The van der Waals surface area contributed by atoms with Crippen LogP contribution in [0.25, 0.3) is 0 Å². The molecule has 112 valence electrons. The van der Waals surface area contributed by atoms with Crippen LogP contribution >= 0.6 is 0 Å². The van der Waals surface area contributed by atoms with E-state index in [1.807, 2.05) is 38.1 Å². The average Bonchev–Trinajstić information content (AvgIpc) is 3.00. The summed E-state index contributed by atoms with van der Waals surface area (Å²) < 4.78 is 10.3. The molecule has 2 N–H and O–H groups in total. The molecular formula is C16H20N2O3. The third-order valence-corrected chi connectivity index (χ3v) is 3.22. The third kappa shape index (κ3) is 4.02. The average molecular weight is 288 g/mol. The highest BCUT2D eigenvalue weighted by Gasteiger charge is 2.13. The van der Waals surface area contributed by atoms with E-state index in [9.17, 15) is 4.79 Å². The first-order valence-electron chi connectivity index (χ1n) is 6.81. The van der Waals surface area contributed by atoms with Gasteiger partial charge in [-0.3, -0.25) is 4.79 Å². The summed E-state index contributed by atoms with van der Waals surface area (Å²) in [5.74, 6) is 1.45. The van der Waals surface area contributed by atoms with E-state index < -0.39 is 0 Å². The van der Waals surface area contributed by atoms with Crippen molar-refractivity contribution in [3.05, 3.63) is 47.9 Å². The molecule has 0 fully saturated rings.